The van der Waals surface area contributed by atoms with Gasteiger partial charge in [-0.15, -0.1) is 4.68 Å². The molecule has 0 saturated carbocycles. The molecule has 2 heterocycles. The maximum absolute atomic E-state index is 12.4. The van der Waals surface area contributed by atoms with E-state index in [1.807, 2.05) is 31.2 Å². The first kappa shape index (κ1) is 16.0. The third kappa shape index (κ3) is 2.73. The van der Waals surface area contributed by atoms with Crippen LogP contribution >= 0.6 is 0 Å². The lowest BCUT2D eigenvalue weighted by atomic mass is 10.1. The van der Waals surface area contributed by atoms with Crippen molar-refractivity contribution in [3.63, 3.8) is 0 Å². The van der Waals surface area contributed by atoms with Crippen LogP contribution in [0.2, 0.25) is 0 Å². The van der Waals surface area contributed by atoms with Gasteiger partial charge in [-0.2, -0.15) is 4.98 Å². The molecule has 3 rings (SSSR count). The molecule has 1 N–H and O–H groups in total. The fourth-order valence-corrected chi connectivity index (χ4v) is 2.64. The third-order valence-electron chi connectivity index (χ3n) is 4.00. The number of fused-ring (bicyclic) bond motifs is 1. The Labute approximate surface area is 138 Å². The second-order valence-electron chi connectivity index (χ2n) is 5.69. The Bertz CT molecular complexity index is 1000. The normalized spacial score (nSPS) is 11.1. The zero-order valence-corrected chi connectivity index (χ0v) is 14.0. The van der Waals surface area contributed by atoms with Gasteiger partial charge in [0.05, 0.1) is 0 Å². The Morgan fingerprint density at radius 1 is 1.17 bits per heavy atom. The predicted octanol–water partition coefficient (Wildman–Crippen LogP) is 0.944. The molecule has 0 unspecified atom stereocenters. The Hall–Kier alpha value is -2.83. The smallest absolute Gasteiger partial charge is 0.266 e. The molecule has 3 aromatic rings. The van der Waals surface area contributed by atoms with Gasteiger partial charge in [0.15, 0.2) is 0 Å². The van der Waals surface area contributed by atoms with Gasteiger partial charge in [-0.3, -0.25) is 4.79 Å². The van der Waals surface area contributed by atoms with Gasteiger partial charge in [0.2, 0.25) is 11.3 Å². The average molecular weight is 326 g/mol. The molecular formula is C17H20N5O2+. The first-order valence-electron chi connectivity index (χ1n) is 8.05. The van der Waals surface area contributed by atoms with Crippen molar-refractivity contribution < 1.29 is 4.68 Å². The number of H-pyrrole nitrogens is 1. The van der Waals surface area contributed by atoms with Gasteiger partial charge in [0.1, 0.15) is 6.54 Å². The maximum Gasteiger partial charge on any atom is 0.416 e. The first-order chi connectivity index (χ1) is 11.5. The number of hydrogen-bond acceptors (Lipinski definition) is 4. The fraction of sp³-hybridized carbons (Fsp3) is 0.353. The second-order valence-corrected chi connectivity index (χ2v) is 5.69. The molecule has 7 nitrogen and oxygen atoms in total. The van der Waals surface area contributed by atoms with E-state index in [1.165, 1.54) is 12.6 Å². The highest BCUT2D eigenvalue weighted by Gasteiger charge is 2.19. The van der Waals surface area contributed by atoms with Crippen LogP contribution in [0.3, 0.4) is 0 Å². The summed E-state index contributed by atoms with van der Waals surface area (Å²) in [5, 5.41) is 4.46. The van der Waals surface area contributed by atoms with E-state index in [0.717, 1.165) is 23.0 Å². The molecule has 2 aromatic heterocycles. The minimum atomic E-state index is -0.477. The van der Waals surface area contributed by atoms with Gasteiger partial charge >= 0.3 is 11.3 Å². The van der Waals surface area contributed by atoms with Crippen molar-refractivity contribution in [3.05, 3.63) is 50.7 Å². The molecular weight excluding hydrogens is 306 g/mol. The number of aromatic nitrogens is 5. The van der Waals surface area contributed by atoms with Crippen molar-refractivity contribution in [2.45, 2.75) is 33.2 Å². The Kier molecular flexibility index (Phi) is 4.24. The molecule has 7 heteroatoms. The summed E-state index contributed by atoms with van der Waals surface area (Å²) < 4.78 is 2.61. The lowest BCUT2D eigenvalue weighted by molar-refractivity contribution is -0.727. The molecule has 0 aliphatic heterocycles. The van der Waals surface area contributed by atoms with E-state index in [1.54, 1.807) is 4.68 Å². The van der Waals surface area contributed by atoms with E-state index in [-0.39, 0.29) is 5.52 Å². The van der Waals surface area contributed by atoms with Crippen LogP contribution in [0, 0.1) is 0 Å². The summed E-state index contributed by atoms with van der Waals surface area (Å²) >= 11 is 0. The van der Waals surface area contributed by atoms with Crippen LogP contribution < -0.4 is 15.9 Å². The zero-order chi connectivity index (χ0) is 17.3. The molecule has 0 amide bonds. The van der Waals surface area contributed by atoms with Gasteiger partial charge < -0.3 is 0 Å². The van der Waals surface area contributed by atoms with Gasteiger partial charge in [-0.25, -0.2) is 14.3 Å². The highest BCUT2D eigenvalue weighted by molar-refractivity contribution is 5.67. The highest BCUT2D eigenvalue weighted by atomic mass is 16.2. The SMILES string of the molecule is CCCc1ccc(-c2nc3c(=O)n(C)c(=O)[nH]c3[n+](CC)n2)cc1. The number of benzene rings is 1. The molecule has 0 aliphatic carbocycles. The summed E-state index contributed by atoms with van der Waals surface area (Å²) in [6.45, 7) is 4.56. The number of nitrogens with one attached hydrogen (secondary N) is 1. The van der Waals surface area contributed by atoms with Crippen LogP contribution in [0.1, 0.15) is 25.8 Å². The summed E-state index contributed by atoms with van der Waals surface area (Å²) in [5.74, 6) is 0.469. The van der Waals surface area contributed by atoms with E-state index < -0.39 is 11.2 Å². The Morgan fingerprint density at radius 3 is 2.50 bits per heavy atom. The van der Waals surface area contributed by atoms with Gasteiger partial charge in [0.25, 0.3) is 5.56 Å². The summed E-state index contributed by atoms with van der Waals surface area (Å²) in [4.78, 5) is 31.3. The highest BCUT2D eigenvalue weighted by Crippen LogP contribution is 2.16. The minimum absolute atomic E-state index is 0.210. The molecule has 0 fully saturated rings. The Morgan fingerprint density at radius 2 is 1.88 bits per heavy atom. The van der Waals surface area contributed by atoms with Crippen LogP contribution in [0.25, 0.3) is 22.6 Å². The zero-order valence-electron chi connectivity index (χ0n) is 14.0. The predicted molar refractivity (Wildman–Crippen MR) is 90.7 cm³/mol. The molecule has 0 spiro atoms. The van der Waals surface area contributed by atoms with E-state index in [9.17, 15) is 9.59 Å². The van der Waals surface area contributed by atoms with E-state index in [0.29, 0.717) is 18.0 Å². The van der Waals surface area contributed by atoms with Crippen LogP contribution in [-0.4, -0.2) is 19.6 Å². The number of aromatic amines is 1. The van der Waals surface area contributed by atoms with Crippen LogP contribution in [0.5, 0.6) is 0 Å². The van der Waals surface area contributed by atoms with Gasteiger partial charge in [-0.1, -0.05) is 42.7 Å². The molecule has 24 heavy (non-hydrogen) atoms. The summed E-state index contributed by atoms with van der Waals surface area (Å²) in [6.07, 6.45) is 2.11. The lowest BCUT2D eigenvalue weighted by Gasteiger charge is -2.05. The monoisotopic (exact) mass is 326 g/mol. The van der Waals surface area contributed by atoms with Gasteiger partial charge in [0, 0.05) is 12.6 Å². The average Bonchev–Trinajstić information content (AvgIpc) is 2.60. The van der Waals surface area contributed by atoms with Crippen LogP contribution in [-0.2, 0) is 20.0 Å². The number of rotatable bonds is 4. The minimum Gasteiger partial charge on any atom is -0.266 e. The first-order valence-corrected chi connectivity index (χ1v) is 8.05. The van der Waals surface area contributed by atoms with Gasteiger partial charge in [-0.05, 0) is 18.9 Å². The standard InChI is InChI=1S/C17H19N5O2/c1-4-6-11-7-9-12(10-8-11)14-18-13-15(22(5-2)20-14)19-17(24)21(3)16(13)23/h7-10H,4-6H2,1-3H3/p+1. The number of aryl methyl sites for hydroxylation is 2. The summed E-state index contributed by atoms with van der Waals surface area (Å²) in [7, 11) is 1.43. The molecule has 0 saturated heterocycles. The van der Waals surface area contributed by atoms with Crippen molar-refractivity contribution >= 4 is 11.2 Å². The molecule has 124 valence electrons. The number of nitrogens with zero attached hydrogens (tertiary/aromatic N) is 4. The van der Waals surface area contributed by atoms with Crippen molar-refractivity contribution in [2.24, 2.45) is 7.05 Å². The van der Waals surface area contributed by atoms with E-state index >= 15 is 0 Å². The molecule has 0 bridgehead atoms. The van der Waals surface area contributed by atoms with Crippen LogP contribution in [0.4, 0.5) is 0 Å². The van der Waals surface area contributed by atoms with Crippen molar-refractivity contribution in [1.82, 2.24) is 19.6 Å². The Balaban J connectivity index is 2.22. The maximum atomic E-state index is 12.4. The lowest BCUT2D eigenvalue weighted by Crippen LogP contribution is -2.44. The quantitative estimate of drug-likeness (QED) is 0.723. The van der Waals surface area contributed by atoms with Crippen molar-refractivity contribution in [2.75, 3.05) is 0 Å². The summed E-state index contributed by atoms with van der Waals surface area (Å²) in [6, 6.07) is 8.02. The summed E-state index contributed by atoms with van der Waals surface area (Å²) in [5.41, 5.74) is 1.74. The van der Waals surface area contributed by atoms with E-state index in [4.69, 9.17) is 0 Å². The molecule has 0 atom stereocenters. The topological polar surface area (TPSA) is 84.5 Å². The molecule has 0 radical (unpaired) electrons. The molecule has 0 aliphatic rings. The van der Waals surface area contributed by atoms with Crippen LogP contribution in [0.15, 0.2) is 33.9 Å². The van der Waals surface area contributed by atoms with E-state index in [2.05, 4.69) is 22.0 Å². The number of hydrogen-bond donors (Lipinski definition) is 1. The van der Waals surface area contributed by atoms with Crippen molar-refractivity contribution in [1.29, 1.82) is 0 Å². The largest absolute Gasteiger partial charge is 0.416 e. The second kappa shape index (κ2) is 6.35. The molecule has 1 aromatic carbocycles. The van der Waals surface area contributed by atoms with Crippen molar-refractivity contribution in [3.8, 4) is 11.4 Å². The third-order valence-corrected chi connectivity index (χ3v) is 4.00. The fourth-order valence-electron chi connectivity index (χ4n) is 2.64.